The minimum absolute atomic E-state index is 0. The van der Waals surface area contributed by atoms with Crippen molar-refractivity contribution in [1.82, 2.24) is 49.8 Å². The summed E-state index contributed by atoms with van der Waals surface area (Å²) in [5.41, 5.74) is 37.0. The molecule has 0 amide bonds. The number of hydrogen-bond acceptors (Lipinski definition) is 9. The summed E-state index contributed by atoms with van der Waals surface area (Å²) in [6.07, 6.45) is 27.3. The molecule has 11 heterocycles. The van der Waals surface area contributed by atoms with E-state index in [9.17, 15) is 5.26 Å². The van der Waals surface area contributed by atoms with Gasteiger partial charge in [0.1, 0.15) is 5.69 Å². The van der Waals surface area contributed by atoms with Crippen molar-refractivity contribution in [1.29, 1.82) is 5.26 Å². The van der Waals surface area contributed by atoms with E-state index in [2.05, 4.69) is 243 Å². The van der Waals surface area contributed by atoms with E-state index in [1.54, 1.807) is 24.3 Å². The van der Waals surface area contributed by atoms with Gasteiger partial charge < -0.3 is 40.3 Å². The molecule has 19 rings (SSSR count). The number of hydrogen-bond donors (Lipinski definition) is 0. The fraction of sp³-hybridized carbons (Fsp3) is 0.320. The Morgan fingerprint density at radius 2 is 0.857 bits per heavy atom. The van der Waals surface area contributed by atoms with Crippen LogP contribution in [0.15, 0.2) is 249 Å². The van der Waals surface area contributed by atoms with E-state index in [-0.39, 0.29) is 133 Å². The maximum absolute atomic E-state index is 9.18. The molecule has 0 N–H and O–H groups in total. The van der Waals surface area contributed by atoms with Crippen molar-refractivity contribution in [2.45, 2.75) is 265 Å². The average Bonchev–Trinajstić information content (AvgIpc) is 1.50. The zero-order valence-electron chi connectivity index (χ0n) is 88.5. The van der Waals surface area contributed by atoms with Crippen LogP contribution in [0.4, 0.5) is 5.69 Å². The summed E-state index contributed by atoms with van der Waals surface area (Å²) in [6, 6.07) is 93.2. The third kappa shape index (κ3) is 33.4. The van der Waals surface area contributed by atoms with Gasteiger partial charge >= 0.3 is 0 Å². The van der Waals surface area contributed by atoms with Gasteiger partial charge in [-0.2, -0.15) is 47.9 Å². The Balaban J connectivity index is 0.000000324. The van der Waals surface area contributed by atoms with Crippen LogP contribution < -0.4 is 9.97 Å². The first kappa shape index (κ1) is 127. The molecule has 2 aliphatic heterocycles. The summed E-state index contributed by atoms with van der Waals surface area (Å²) in [5.74, 6) is 4.04. The van der Waals surface area contributed by atoms with Gasteiger partial charge in [-0.05, 0) is 157 Å². The molecule has 9 aromatic heterocycles. The zero-order valence-corrected chi connectivity index (χ0v) is 97.8. The first-order chi connectivity index (χ1) is 68.8. The molecule has 3 saturated carbocycles. The van der Waals surface area contributed by atoms with Gasteiger partial charge in [0.15, 0.2) is 0 Å². The van der Waals surface area contributed by atoms with E-state index in [1.807, 2.05) is 158 Å². The molecule has 2 atom stereocenters. The molecule has 8 bridgehead atoms. The summed E-state index contributed by atoms with van der Waals surface area (Å²) in [4.78, 5) is 52.6. The Labute approximate surface area is 962 Å². The van der Waals surface area contributed by atoms with Crippen LogP contribution in [0.5, 0.6) is 0 Å². The normalized spacial score (nSPS) is 13.6. The first-order valence-corrected chi connectivity index (χ1v) is 51.3. The number of allylic oxidation sites excluding steroid dienone is 4. The number of unbranched alkanes of at least 4 members (excludes halogenated alkanes) is 5. The van der Waals surface area contributed by atoms with E-state index in [1.165, 1.54) is 125 Å². The molecule has 5 aromatic carbocycles. The molecule has 147 heavy (non-hydrogen) atoms. The van der Waals surface area contributed by atoms with E-state index < -0.39 is 0 Å². The van der Waals surface area contributed by atoms with Crippen LogP contribution in [0.3, 0.4) is 0 Å². The third-order valence-electron chi connectivity index (χ3n) is 25.5. The number of fused-ring (bicyclic) bond motifs is 8. The Kier molecular flexibility index (Phi) is 56.2. The Morgan fingerprint density at radius 3 is 1.32 bits per heavy atom. The molecule has 3 fully saturated rings. The van der Waals surface area contributed by atoms with Crippen molar-refractivity contribution in [3.05, 3.63) is 405 Å². The van der Waals surface area contributed by atoms with Crippen LogP contribution >= 0.6 is 0 Å². The molecule has 19 heteroatoms. The molecule has 14 aromatic rings. The maximum atomic E-state index is 9.18. The second-order valence-corrected chi connectivity index (χ2v) is 36.0. The quantitative estimate of drug-likeness (QED) is 0.0243. The fourth-order valence-electron chi connectivity index (χ4n) is 18.1. The number of aromatic nitrogens is 10. The third-order valence-corrected chi connectivity index (χ3v) is 25.5. The number of aryl methyl sites for hydroxylation is 6. The van der Waals surface area contributed by atoms with Crippen molar-refractivity contribution in [2.24, 2.45) is 5.41 Å². The Hall–Kier alpha value is -10.3. The van der Waals surface area contributed by atoms with Gasteiger partial charge in [-0.15, -0.1) is 201 Å². The van der Waals surface area contributed by atoms with E-state index in [0.29, 0.717) is 11.3 Å². The van der Waals surface area contributed by atoms with Gasteiger partial charge in [0.25, 0.3) is 0 Å². The standard InChI is InChI=1S/C37H45N4.C29H16N4.C26H19N2.C12H11N.C8H16N.C7H9N.3C3H8.6Pd/c1-10-22-24(12-3)32-19-34-26(14-5)28(16-7)36(40-34)21(9)37-29(17-8)27(15-6)35(41-37)20-33-25(13-4)23(11-2)31(39-33)18-30(22)38-32;1-31-22-9-3-8-21(15-22)26-11-5-13-28(33-26)24-17-29(24)16-23(29)27-12-4-10-25(32-27)20-7-2-6-19(14-20)18-30;1-26(25-17-9-15-23(28-25)20-12-6-3-7-13-20)18-21(26)24-16-8-14-22(27-24)19-10-4-2-5-11-19;1-10-6-2-3-7-11(10)12-8-4-5-9-13-12;1-2-3-4-5-6-7-8-9;1-2-7-5-3-4-6-8-7;3*1-3-2;;;;;;/h18-20H,9-17H2,1-8H3;2-6,9-15H,16-17H2;2-10,12,14-17H,18H2,1H3;2-9H,1H3;8H,2-7H2,1H3;3-6H,2H2,1H3;3*3H2,1-2H3;;;;;;/q-3;-4;-3;;-1;;;;;;;;;;. The molecular weight excluding hydrogens is 2360 g/mol. The fourth-order valence-corrected chi connectivity index (χ4v) is 18.1. The molecular formula is C128H140N13Pd6-11. The minimum Gasteiger partial charge on any atom is -0.814 e. The summed E-state index contributed by atoms with van der Waals surface area (Å²) < 4.78 is 0. The van der Waals surface area contributed by atoms with Gasteiger partial charge in [0.05, 0.1) is 29.7 Å². The second kappa shape index (κ2) is 65.0. The smallest absolute Gasteiger partial charge is 0.108 e. The van der Waals surface area contributed by atoms with Crippen LogP contribution in [0.1, 0.15) is 311 Å². The number of pyridine rings is 6. The summed E-state index contributed by atoms with van der Waals surface area (Å²) >= 11 is 0. The second-order valence-electron chi connectivity index (χ2n) is 36.0. The van der Waals surface area contributed by atoms with Gasteiger partial charge in [-0.25, -0.2) is 28.6 Å². The molecule has 2 unspecified atom stereocenters. The molecule has 788 valence electrons. The largest absolute Gasteiger partial charge is 0.814 e. The Morgan fingerprint density at radius 1 is 0.415 bits per heavy atom. The van der Waals surface area contributed by atoms with E-state index in [4.69, 9.17) is 51.9 Å². The van der Waals surface area contributed by atoms with Gasteiger partial charge in [0, 0.05) is 158 Å². The van der Waals surface area contributed by atoms with Gasteiger partial charge in [-0.3, -0.25) is 14.8 Å². The van der Waals surface area contributed by atoms with Crippen LogP contribution in [-0.4, -0.2) is 46.1 Å². The summed E-state index contributed by atoms with van der Waals surface area (Å²) in [7, 11) is 0. The van der Waals surface area contributed by atoms with Crippen LogP contribution in [0.2, 0.25) is 0 Å². The van der Waals surface area contributed by atoms with Gasteiger partial charge in [-0.1, -0.05) is 289 Å². The average molecular weight is 2500 g/mol. The number of benzene rings is 5. The number of nitriles is 1. The van der Waals surface area contributed by atoms with Gasteiger partial charge in [0.2, 0.25) is 0 Å². The minimum atomic E-state index is -0.0587. The van der Waals surface area contributed by atoms with E-state index in [0.717, 1.165) is 219 Å². The molecule has 1 spiro atoms. The molecule has 0 radical (unpaired) electrons. The summed E-state index contributed by atoms with van der Waals surface area (Å²) in [6.45, 7) is 51.2. The van der Waals surface area contributed by atoms with E-state index >= 15 is 0 Å². The monoisotopic (exact) mass is 2490 g/mol. The van der Waals surface area contributed by atoms with Crippen molar-refractivity contribution in [3.63, 3.8) is 0 Å². The van der Waals surface area contributed by atoms with Crippen molar-refractivity contribution in [2.75, 3.05) is 0 Å². The summed E-state index contributed by atoms with van der Waals surface area (Å²) in [5, 5.41) is 17.5. The molecule has 13 nitrogen and oxygen atoms in total. The SMILES string of the molecule is CC1(c2cccc(-c3[c-]cccc3)n2)C[C-]1c1cccc(-c2[c-]cccc2)n1.CCC.CCC.CCC.CCCCCCCC=[N-].CCc1ccccn1.Cc1ccccc1-c1ccccn1.[C-]#[N+]c1cc[c-]c(-c2cccc([C-]3CC34C[C-]4c3cccc(-c4[c-]ccc(C#N)c4)n3)n2)c1.[CH2-]c1c2nc(cc3[n-]c(cc4nc(cc5[n-]c1c(CC)c5CC)C(CC)=C4CC)c(CC)c3CC)C(CC)=C2CC.[Pd].[Pd].[Pd].[Pd].[Pd].[Pd]. The van der Waals surface area contributed by atoms with Crippen molar-refractivity contribution >= 4 is 56.3 Å². The number of nitrogens with zero attached hydrogens (tertiary/aromatic N) is 13. The van der Waals surface area contributed by atoms with Crippen LogP contribution in [0, 0.1) is 79.2 Å². The van der Waals surface area contributed by atoms with Crippen molar-refractivity contribution in [3.8, 4) is 62.4 Å². The first-order valence-electron chi connectivity index (χ1n) is 51.3. The maximum Gasteiger partial charge on any atom is 0.108 e. The molecule has 3 aliphatic carbocycles. The van der Waals surface area contributed by atoms with Crippen LogP contribution in [-0.2, 0) is 160 Å². The predicted octanol–water partition coefficient (Wildman–Crippen LogP) is 33.3. The molecule has 0 saturated heterocycles. The molecule has 5 aliphatic rings. The van der Waals surface area contributed by atoms with Crippen LogP contribution in [0.25, 0.3) is 111 Å². The Bertz CT molecular complexity index is 6640. The zero-order chi connectivity index (χ0) is 101. The number of rotatable bonds is 24. The van der Waals surface area contributed by atoms with Crippen molar-refractivity contribution < 1.29 is 123 Å². The topological polar surface area (TPSA) is 182 Å². The predicted molar refractivity (Wildman–Crippen MR) is 590 cm³/mol.